The molecule has 3 rings (SSSR count). The van der Waals surface area contributed by atoms with Gasteiger partial charge in [-0.1, -0.05) is 59.2 Å². The van der Waals surface area contributed by atoms with Crippen molar-refractivity contribution < 1.29 is 22.7 Å². The molecule has 2 atom stereocenters. The molecule has 0 saturated heterocycles. The van der Waals surface area contributed by atoms with E-state index >= 15 is 0 Å². The molecule has 1 heterocycles. The Bertz CT molecular complexity index is 906. The van der Waals surface area contributed by atoms with Crippen LogP contribution in [0.15, 0.2) is 29.8 Å². The maximum Gasteiger partial charge on any atom is 0.394 e. The first-order valence-electron chi connectivity index (χ1n) is 11.7. The molecule has 0 radical (unpaired) electrons. The molecule has 1 aliphatic carbocycles. The number of carbonyl (C=O) groups is 1. The summed E-state index contributed by atoms with van der Waals surface area (Å²) < 4.78 is 46.4. The Kier molecular flexibility index (Phi) is 6.38. The van der Waals surface area contributed by atoms with Gasteiger partial charge in [0.1, 0.15) is 11.4 Å². The second kappa shape index (κ2) is 8.22. The second-order valence-electron chi connectivity index (χ2n) is 11.5. The van der Waals surface area contributed by atoms with Crippen molar-refractivity contribution in [3.63, 3.8) is 0 Å². The first-order valence-corrected chi connectivity index (χ1v) is 11.7. The van der Waals surface area contributed by atoms with Crippen molar-refractivity contribution >= 4 is 5.78 Å². The summed E-state index contributed by atoms with van der Waals surface area (Å²) in [7, 11) is 0. The summed E-state index contributed by atoms with van der Waals surface area (Å²) in [5.41, 5.74) is 0.407. The van der Waals surface area contributed by atoms with Gasteiger partial charge >= 0.3 is 6.18 Å². The molecule has 5 heteroatoms. The number of allylic oxidation sites excluding steroid dienone is 2. The fraction of sp³-hybridized carbons (Fsp3) is 0.667. The Hall–Kier alpha value is -1.78. The van der Waals surface area contributed by atoms with Crippen molar-refractivity contribution in [3.05, 3.63) is 41.0 Å². The van der Waals surface area contributed by atoms with Crippen LogP contribution in [0.4, 0.5) is 13.2 Å². The number of benzene rings is 1. The molecule has 1 aliphatic heterocycles. The molecule has 0 spiro atoms. The number of hydrogen-bond donors (Lipinski definition) is 0. The Morgan fingerprint density at radius 1 is 1.16 bits per heavy atom. The maximum absolute atomic E-state index is 13.3. The average Bonchev–Trinajstić information content (AvgIpc) is 2.65. The molecule has 2 aliphatic rings. The summed E-state index contributed by atoms with van der Waals surface area (Å²) in [6.45, 7) is 13.0. The summed E-state index contributed by atoms with van der Waals surface area (Å²) in [4.78, 5) is 12.9. The Morgan fingerprint density at radius 3 is 2.41 bits per heavy atom. The molecule has 0 saturated carbocycles. The lowest BCUT2D eigenvalue weighted by molar-refractivity contribution is -0.213. The fourth-order valence-corrected chi connectivity index (χ4v) is 5.31. The first kappa shape index (κ1) is 24.9. The molecular formula is C27H37F3O2. The van der Waals surface area contributed by atoms with Crippen LogP contribution in [0.5, 0.6) is 5.75 Å². The lowest BCUT2D eigenvalue weighted by Gasteiger charge is -2.47. The molecule has 32 heavy (non-hydrogen) atoms. The lowest BCUT2D eigenvalue weighted by Crippen LogP contribution is -2.46. The van der Waals surface area contributed by atoms with E-state index in [0.717, 1.165) is 38.0 Å². The van der Waals surface area contributed by atoms with Gasteiger partial charge in [0.2, 0.25) is 0 Å². The normalized spacial score (nSPS) is 23.0. The predicted molar refractivity (Wildman–Crippen MR) is 122 cm³/mol. The van der Waals surface area contributed by atoms with Crippen LogP contribution in [0.1, 0.15) is 97.6 Å². The molecule has 0 amide bonds. The van der Waals surface area contributed by atoms with E-state index in [4.69, 9.17) is 4.74 Å². The van der Waals surface area contributed by atoms with Crippen LogP contribution in [-0.2, 0) is 10.2 Å². The molecule has 2 nitrogen and oxygen atoms in total. The van der Waals surface area contributed by atoms with Crippen LogP contribution in [0, 0.1) is 11.3 Å². The van der Waals surface area contributed by atoms with Gasteiger partial charge in [0, 0.05) is 12.3 Å². The minimum absolute atomic E-state index is 0.0326. The number of hydrogen-bond acceptors (Lipinski definition) is 2. The van der Waals surface area contributed by atoms with E-state index < -0.39 is 29.4 Å². The first-order chi connectivity index (χ1) is 14.6. The van der Waals surface area contributed by atoms with E-state index in [1.54, 1.807) is 0 Å². The molecule has 1 aromatic rings. The van der Waals surface area contributed by atoms with Gasteiger partial charge in [-0.2, -0.15) is 13.2 Å². The van der Waals surface area contributed by atoms with Crippen molar-refractivity contribution in [2.75, 3.05) is 0 Å². The molecule has 0 unspecified atom stereocenters. The monoisotopic (exact) mass is 450 g/mol. The van der Waals surface area contributed by atoms with Crippen LogP contribution in [-0.4, -0.2) is 17.6 Å². The minimum atomic E-state index is -4.41. The molecule has 0 bridgehead atoms. The average molecular weight is 451 g/mol. The van der Waals surface area contributed by atoms with Gasteiger partial charge in [0.25, 0.3) is 0 Å². The van der Waals surface area contributed by atoms with Crippen molar-refractivity contribution in [2.24, 2.45) is 11.3 Å². The van der Waals surface area contributed by atoms with Crippen LogP contribution < -0.4 is 4.74 Å². The van der Waals surface area contributed by atoms with Crippen molar-refractivity contribution in [2.45, 2.75) is 104 Å². The molecule has 0 aromatic heterocycles. The number of Topliss-reactive ketones (excluding diaryl/α,β-unsaturated/α-hetero) is 1. The van der Waals surface area contributed by atoms with E-state index in [1.807, 2.05) is 6.08 Å². The molecule has 178 valence electrons. The fourth-order valence-electron chi connectivity index (χ4n) is 5.31. The van der Waals surface area contributed by atoms with Gasteiger partial charge in [0.15, 0.2) is 5.78 Å². The highest BCUT2D eigenvalue weighted by molar-refractivity contribution is 5.96. The third-order valence-corrected chi connectivity index (χ3v) is 7.61. The van der Waals surface area contributed by atoms with E-state index in [-0.39, 0.29) is 17.3 Å². The summed E-state index contributed by atoms with van der Waals surface area (Å²) >= 11 is 0. The van der Waals surface area contributed by atoms with Crippen molar-refractivity contribution in [1.29, 1.82) is 0 Å². The molecule has 0 N–H and O–H groups in total. The minimum Gasteiger partial charge on any atom is -0.487 e. The van der Waals surface area contributed by atoms with E-state index in [9.17, 15) is 18.0 Å². The van der Waals surface area contributed by atoms with Gasteiger partial charge in [-0.25, -0.2) is 0 Å². The van der Waals surface area contributed by atoms with Gasteiger partial charge in [0.05, 0.1) is 5.41 Å². The lowest BCUT2D eigenvalue weighted by atomic mass is 9.66. The zero-order chi connectivity index (χ0) is 24.1. The van der Waals surface area contributed by atoms with Crippen LogP contribution >= 0.6 is 0 Å². The number of alkyl halides is 3. The summed E-state index contributed by atoms with van der Waals surface area (Å²) in [5.74, 6) is 0.700. The number of fused-ring (bicyclic) bond motifs is 3. The van der Waals surface area contributed by atoms with Crippen LogP contribution in [0.2, 0.25) is 0 Å². The second-order valence-corrected chi connectivity index (χ2v) is 11.5. The van der Waals surface area contributed by atoms with Crippen LogP contribution in [0.3, 0.4) is 0 Å². The van der Waals surface area contributed by atoms with Crippen molar-refractivity contribution in [1.82, 2.24) is 0 Å². The van der Waals surface area contributed by atoms with E-state index in [2.05, 4.69) is 52.8 Å². The third kappa shape index (κ3) is 4.63. The van der Waals surface area contributed by atoms with Crippen LogP contribution in [0.25, 0.3) is 0 Å². The Balaban J connectivity index is 1.91. The number of rotatable bonds is 6. The number of ether oxygens (including phenoxy) is 1. The van der Waals surface area contributed by atoms with E-state index in [0.29, 0.717) is 18.4 Å². The number of carbonyl (C=O) groups excluding carboxylic acids is 1. The Labute approximate surface area is 190 Å². The SMILES string of the molecule is CCCC(C)(C)c1ccc2c(c1)OC(C)(C)[C@@H]1CC=C(C(=O)CC(C)(C)C(F)(F)F)C[C@@H]21. The summed E-state index contributed by atoms with van der Waals surface area (Å²) in [6.07, 6.45) is 0.183. The summed E-state index contributed by atoms with van der Waals surface area (Å²) in [5, 5.41) is 0. The number of ketones is 1. The zero-order valence-electron chi connectivity index (χ0n) is 20.5. The zero-order valence-corrected chi connectivity index (χ0v) is 20.5. The highest BCUT2D eigenvalue weighted by atomic mass is 19.4. The third-order valence-electron chi connectivity index (χ3n) is 7.61. The highest BCUT2D eigenvalue weighted by Gasteiger charge is 2.50. The molecular weight excluding hydrogens is 413 g/mol. The van der Waals surface area contributed by atoms with Gasteiger partial charge in [-0.15, -0.1) is 0 Å². The molecule has 1 aromatic carbocycles. The van der Waals surface area contributed by atoms with Gasteiger partial charge in [-0.05, 0) is 67.2 Å². The summed E-state index contributed by atoms with van der Waals surface area (Å²) in [6, 6.07) is 6.40. The quantitative estimate of drug-likeness (QED) is 0.440. The van der Waals surface area contributed by atoms with Gasteiger partial charge in [-0.3, -0.25) is 4.79 Å². The topological polar surface area (TPSA) is 26.3 Å². The van der Waals surface area contributed by atoms with Crippen molar-refractivity contribution in [3.8, 4) is 5.75 Å². The maximum atomic E-state index is 13.3. The molecule has 0 fully saturated rings. The largest absolute Gasteiger partial charge is 0.487 e. The van der Waals surface area contributed by atoms with E-state index in [1.165, 1.54) is 5.56 Å². The van der Waals surface area contributed by atoms with Gasteiger partial charge < -0.3 is 4.74 Å². The smallest absolute Gasteiger partial charge is 0.394 e. The number of halogens is 3. The standard InChI is InChI=1S/C27H37F3O2/c1-8-13-24(2,3)18-10-11-19-20-14-17(22(31)16-25(4,5)27(28,29)30)9-12-21(20)26(6,7)32-23(19)15-18/h9-11,15,20-21H,8,12-14,16H2,1-7H3/t20-,21+/m0/s1. The Morgan fingerprint density at radius 2 is 1.81 bits per heavy atom. The highest BCUT2D eigenvalue weighted by Crippen LogP contribution is 2.52. The predicted octanol–water partition coefficient (Wildman–Crippen LogP) is 7.90.